The third-order valence-electron chi connectivity index (χ3n) is 5.11. The number of nitrogens with zero attached hydrogens (tertiary/aromatic N) is 3. The topological polar surface area (TPSA) is 87.2 Å². The highest BCUT2D eigenvalue weighted by Gasteiger charge is 2.26. The summed E-state index contributed by atoms with van der Waals surface area (Å²) in [4.78, 5) is 27.1. The lowest BCUT2D eigenvalue weighted by Crippen LogP contribution is -2.47. The molecule has 2 rings (SSSR count). The number of rotatable bonds is 11. The van der Waals surface area contributed by atoms with Crippen LogP contribution in [0.15, 0.2) is 24.3 Å². The van der Waals surface area contributed by atoms with E-state index in [9.17, 15) is 9.59 Å². The van der Waals surface area contributed by atoms with Crippen molar-refractivity contribution in [1.82, 2.24) is 15.5 Å². The van der Waals surface area contributed by atoms with Crippen LogP contribution in [-0.4, -0.2) is 42.1 Å². The summed E-state index contributed by atoms with van der Waals surface area (Å²) in [5, 5.41) is 15.2. The first-order chi connectivity index (χ1) is 14.3. The number of unbranched alkanes of at least 4 members (excludes halogenated alkanes) is 2. The molecule has 2 atom stereocenters. The van der Waals surface area contributed by atoms with Crippen LogP contribution in [0.25, 0.3) is 10.6 Å². The fourth-order valence-electron chi connectivity index (χ4n) is 2.96. The second-order valence-electron chi connectivity index (χ2n) is 7.73. The molecule has 0 unspecified atom stereocenters. The summed E-state index contributed by atoms with van der Waals surface area (Å²) < 4.78 is 0. The van der Waals surface area contributed by atoms with Crippen molar-refractivity contribution in [1.29, 1.82) is 0 Å². The number of benzene rings is 1. The number of hydrogen-bond acceptors (Lipinski definition) is 6. The van der Waals surface area contributed by atoms with E-state index >= 15 is 0 Å². The average Bonchev–Trinajstić information content (AvgIpc) is 3.20. The van der Waals surface area contributed by atoms with Crippen molar-refractivity contribution in [3.63, 3.8) is 0 Å². The van der Waals surface area contributed by atoms with Crippen molar-refractivity contribution in [2.45, 2.75) is 58.9 Å². The Bertz CT molecular complexity index is 819. The third kappa shape index (κ3) is 6.79. The van der Waals surface area contributed by atoms with Gasteiger partial charge < -0.3 is 10.2 Å². The molecule has 0 spiro atoms. The Kier molecular flexibility index (Phi) is 9.23. The van der Waals surface area contributed by atoms with Crippen LogP contribution in [0.4, 0.5) is 10.8 Å². The molecule has 0 bridgehead atoms. The van der Waals surface area contributed by atoms with Crippen LogP contribution in [0.1, 0.15) is 52.9 Å². The summed E-state index contributed by atoms with van der Waals surface area (Å²) in [5.74, 6) is -0.312. The molecule has 2 N–H and O–H groups in total. The SMILES string of the molecule is CCCCCC(=O)N[C@H](C(=O)Nc1nnc(-c2ccc(N(C)C)cc2)s1)[C@H](C)CC. The van der Waals surface area contributed by atoms with Gasteiger partial charge in [0, 0.05) is 31.8 Å². The second-order valence-corrected chi connectivity index (χ2v) is 8.71. The zero-order valence-corrected chi connectivity index (χ0v) is 19.4. The Hall–Kier alpha value is -2.48. The van der Waals surface area contributed by atoms with Gasteiger partial charge in [-0.05, 0) is 36.6 Å². The molecule has 30 heavy (non-hydrogen) atoms. The maximum Gasteiger partial charge on any atom is 0.249 e. The standard InChI is InChI=1S/C22H33N5O2S/c1-6-8-9-10-18(28)23-19(15(3)7-2)20(29)24-22-26-25-21(30-22)16-11-13-17(14-12-16)27(4)5/h11-15,19H,6-10H2,1-5H3,(H,23,28)(H,24,26,29)/t15-,19+/m1/s1. The molecule has 164 valence electrons. The van der Waals surface area contributed by atoms with E-state index in [1.54, 1.807) is 0 Å². The molecule has 1 heterocycles. The van der Waals surface area contributed by atoms with E-state index in [2.05, 4.69) is 27.8 Å². The first-order valence-corrected chi connectivity index (χ1v) is 11.4. The predicted octanol–water partition coefficient (Wildman–Crippen LogP) is 4.32. The Labute approximate surface area is 183 Å². The van der Waals surface area contributed by atoms with Crippen LogP contribution in [0.2, 0.25) is 0 Å². The van der Waals surface area contributed by atoms with Gasteiger partial charge in [0.1, 0.15) is 11.0 Å². The molecule has 0 aliphatic carbocycles. The van der Waals surface area contributed by atoms with E-state index in [0.29, 0.717) is 11.6 Å². The quantitative estimate of drug-likeness (QED) is 0.517. The fraction of sp³-hybridized carbons (Fsp3) is 0.545. The minimum atomic E-state index is -0.587. The number of hydrogen-bond donors (Lipinski definition) is 2. The molecule has 7 nitrogen and oxygen atoms in total. The van der Waals surface area contributed by atoms with Gasteiger partial charge in [-0.2, -0.15) is 0 Å². The highest BCUT2D eigenvalue weighted by molar-refractivity contribution is 7.18. The normalized spacial score (nSPS) is 12.8. The molecule has 0 aliphatic heterocycles. The lowest BCUT2D eigenvalue weighted by atomic mass is 9.98. The van der Waals surface area contributed by atoms with Gasteiger partial charge >= 0.3 is 0 Å². The number of nitrogens with one attached hydrogen (secondary N) is 2. The monoisotopic (exact) mass is 431 g/mol. The largest absolute Gasteiger partial charge is 0.378 e. The predicted molar refractivity (Wildman–Crippen MR) is 124 cm³/mol. The summed E-state index contributed by atoms with van der Waals surface area (Å²) in [6.07, 6.45) is 4.13. The van der Waals surface area contributed by atoms with Gasteiger partial charge in [0.05, 0.1) is 0 Å². The molecular weight excluding hydrogens is 398 g/mol. The summed E-state index contributed by atoms with van der Waals surface area (Å²) >= 11 is 1.32. The lowest BCUT2D eigenvalue weighted by molar-refractivity contribution is -0.127. The summed E-state index contributed by atoms with van der Waals surface area (Å²) in [7, 11) is 3.98. The Balaban J connectivity index is 2.04. The third-order valence-corrected chi connectivity index (χ3v) is 5.99. The van der Waals surface area contributed by atoms with Crippen molar-refractivity contribution < 1.29 is 9.59 Å². The van der Waals surface area contributed by atoms with Gasteiger partial charge in [0.15, 0.2) is 0 Å². The molecule has 0 radical (unpaired) electrons. The molecule has 0 fully saturated rings. The van der Waals surface area contributed by atoms with E-state index in [0.717, 1.165) is 41.9 Å². The fourth-order valence-corrected chi connectivity index (χ4v) is 3.71. The van der Waals surface area contributed by atoms with Crippen molar-refractivity contribution in [3.05, 3.63) is 24.3 Å². The smallest absolute Gasteiger partial charge is 0.249 e. The van der Waals surface area contributed by atoms with Crippen molar-refractivity contribution in [2.75, 3.05) is 24.3 Å². The number of carbonyl (C=O) groups excluding carboxylic acids is 2. The van der Waals surface area contributed by atoms with Crippen LogP contribution in [0.3, 0.4) is 0 Å². The maximum atomic E-state index is 12.9. The highest BCUT2D eigenvalue weighted by Crippen LogP contribution is 2.28. The molecule has 1 aromatic heterocycles. The minimum absolute atomic E-state index is 0.0195. The number of amides is 2. The van der Waals surface area contributed by atoms with Gasteiger partial charge in [-0.1, -0.05) is 51.4 Å². The van der Waals surface area contributed by atoms with E-state index in [4.69, 9.17) is 0 Å². The Morgan fingerprint density at radius 1 is 1.10 bits per heavy atom. The Morgan fingerprint density at radius 3 is 2.40 bits per heavy atom. The van der Waals surface area contributed by atoms with E-state index in [1.807, 2.05) is 57.1 Å². The maximum absolute atomic E-state index is 12.9. The van der Waals surface area contributed by atoms with Crippen LogP contribution in [0.5, 0.6) is 0 Å². The van der Waals surface area contributed by atoms with E-state index < -0.39 is 6.04 Å². The average molecular weight is 432 g/mol. The first-order valence-electron chi connectivity index (χ1n) is 10.6. The molecule has 2 amide bonds. The zero-order valence-electron chi connectivity index (χ0n) is 18.6. The van der Waals surface area contributed by atoms with Crippen LogP contribution in [-0.2, 0) is 9.59 Å². The van der Waals surface area contributed by atoms with Crippen LogP contribution >= 0.6 is 11.3 Å². The van der Waals surface area contributed by atoms with Crippen LogP contribution < -0.4 is 15.5 Å². The first kappa shape index (κ1) is 23.8. The van der Waals surface area contributed by atoms with Gasteiger partial charge in [0.25, 0.3) is 0 Å². The lowest BCUT2D eigenvalue weighted by Gasteiger charge is -2.23. The van der Waals surface area contributed by atoms with Gasteiger partial charge in [-0.15, -0.1) is 10.2 Å². The Morgan fingerprint density at radius 2 is 1.80 bits per heavy atom. The molecular formula is C22H33N5O2S. The molecule has 0 saturated carbocycles. The van der Waals surface area contributed by atoms with Crippen molar-refractivity contribution in [3.8, 4) is 10.6 Å². The number of aromatic nitrogens is 2. The van der Waals surface area contributed by atoms with Gasteiger partial charge in [-0.25, -0.2) is 0 Å². The number of anilines is 2. The van der Waals surface area contributed by atoms with Gasteiger partial charge in [0.2, 0.25) is 16.9 Å². The van der Waals surface area contributed by atoms with Crippen LogP contribution in [0, 0.1) is 5.92 Å². The molecule has 0 saturated heterocycles. The molecule has 2 aromatic rings. The van der Waals surface area contributed by atoms with E-state index in [1.165, 1.54) is 11.3 Å². The van der Waals surface area contributed by atoms with E-state index in [-0.39, 0.29) is 17.7 Å². The van der Waals surface area contributed by atoms with Crippen molar-refractivity contribution >= 4 is 34.0 Å². The molecule has 0 aliphatic rings. The zero-order chi connectivity index (χ0) is 22.1. The van der Waals surface area contributed by atoms with Gasteiger partial charge in [-0.3, -0.25) is 14.9 Å². The molecule has 1 aromatic carbocycles. The molecule has 8 heteroatoms. The highest BCUT2D eigenvalue weighted by atomic mass is 32.1. The summed E-state index contributed by atoms with van der Waals surface area (Å²) in [5.41, 5.74) is 2.05. The summed E-state index contributed by atoms with van der Waals surface area (Å²) in [6, 6.07) is 7.42. The number of carbonyl (C=O) groups is 2. The van der Waals surface area contributed by atoms with Crippen molar-refractivity contribution in [2.24, 2.45) is 5.92 Å². The second kappa shape index (κ2) is 11.6. The summed E-state index contributed by atoms with van der Waals surface area (Å²) in [6.45, 7) is 6.07. The minimum Gasteiger partial charge on any atom is -0.378 e.